The van der Waals surface area contributed by atoms with Crippen molar-refractivity contribution in [3.63, 3.8) is 0 Å². The van der Waals surface area contributed by atoms with Gasteiger partial charge in [-0.25, -0.2) is 4.79 Å². The number of hydrogen-bond acceptors (Lipinski definition) is 5. The number of ether oxygens (including phenoxy) is 2. The monoisotopic (exact) mass is 291 g/mol. The molecule has 0 aliphatic heterocycles. The Morgan fingerprint density at radius 2 is 1.95 bits per heavy atom. The van der Waals surface area contributed by atoms with Crippen molar-refractivity contribution in [1.82, 2.24) is 0 Å². The van der Waals surface area contributed by atoms with Crippen molar-refractivity contribution in [2.75, 3.05) is 20.0 Å². The second kappa shape index (κ2) is 5.54. The maximum absolute atomic E-state index is 11.7. The molecule has 4 nitrogen and oxygen atoms in total. The zero-order valence-corrected chi connectivity index (χ0v) is 12.8. The highest BCUT2D eigenvalue weighted by Crippen LogP contribution is 2.42. The Kier molecular flexibility index (Phi) is 3.99. The quantitative estimate of drug-likeness (QED) is 0.880. The van der Waals surface area contributed by atoms with Gasteiger partial charge in [0.25, 0.3) is 0 Å². The minimum absolute atomic E-state index is 0.409. The predicted molar refractivity (Wildman–Crippen MR) is 81.5 cm³/mol. The molecular formula is C15H17NO3S. The number of carbonyl (C=O) groups excluding carboxylic acids is 1. The Bertz CT molecular complexity index is 661. The summed E-state index contributed by atoms with van der Waals surface area (Å²) in [6.45, 7) is 3.91. The predicted octanol–water partition coefficient (Wildman–Crippen LogP) is 3.41. The molecule has 20 heavy (non-hydrogen) atoms. The molecule has 1 aromatic heterocycles. The lowest BCUT2D eigenvalue weighted by molar-refractivity contribution is 0.0607. The van der Waals surface area contributed by atoms with Crippen LogP contribution in [0.5, 0.6) is 5.75 Å². The molecule has 0 saturated carbocycles. The van der Waals surface area contributed by atoms with Gasteiger partial charge in [0.15, 0.2) is 0 Å². The SMILES string of the molecule is COC(=O)c1sc(-c2cc(C)ccc2OC)c(C)c1N. The van der Waals surface area contributed by atoms with E-state index in [9.17, 15) is 4.79 Å². The summed E-state index contributed by atoms with van der Waals surface area (Å²) in [6, 6.07) is 5.92. The first-order chi connectivity index (χ1) is 9.49. The van der Waals surface area contributed by atoms with Crippen LogP contribution < -0.4 is 10.5 Å². The Labute approximate surface area is 122 Å². The van der Waals surface area contributed by atoms with Crippen LogP contribution in [0, 0.1) is 13.8 Å². The molecule has 0 amide bonds. The van der Waals surface area contributed by atoms with Crippen molar-refractivity contribution in [3.05, 3.63) is 34.2 Å². The van der Waals surface area contributed by atoms with Crippen molar-refractivity contribution >= 4 is 23.0 Å². The number of esters is 1. The van der Waals surface area contributed by atoms with E-state index in [-0.39, 0.29) is 0 Å². The van der Waals surface area contributed by atoms with Gasteiger partial charge in [-0.3, -0.25) is 0 Å². The fraction of sp³-hybridized carbons (Fsp3) is 0.267. The lowest BCUT2D eigenvalue weighted by atomic mass is 10.1. The largest absolute Gasteiger partial charge is 0.496 e. The number of rotatable bonds is 3. The summed E-state index contributed by atoms with van der Waals surface area (Å²) in [5.74, 6) is 0.352. The molecule has 2 rings (SSSR count). The molecule has 2 aromatic rings. The third-order valence-electron chi connectivity index (χ3n) is 3.16. The molecular weight excluding hydrogens is 274 g/mol. The van der Waals surface area contributed by atoms with E-state index < -0.39 is 5.97 Å². The first kappa shape index (κ1) is 14.4. The van der Waals surface area contributed by atoms with Crippen molar-refractivity contribution < 1.29 is 14.3 Å². The van der Waals surface area contributed by atoms with Gasteiger partial charge in [-0.05, 0) is 31.5 Å². The van der Waals surface area contributed by atoms with E-state index in [0.29, 0.717) is 10.6 Å². The van der Waals surface area contributed by atoms with Gasteiger partial charge in [-0.15, -0.1) is 11.3 Å². The average Bonchev–Trinajstić information content (AvgIpc) is 2.74. The molecule has 5 heteroatoms. The van der Waals surface area contributed by atoms with Crippen molar-refractivity contribution in [2.45, 2.75) is 13.8 Å². The fourth-order valence-corrected chi connectivity index (χ4v) is 3.19. The van der Waals surface area contributed by atoms with Crippen LogP contribution >= 0.6 is 11.3 Å². The molecule has 0 spiro atoms. The summed E-state index contributed by atoms with van der Waals surface area (Å²) in [5.41, 5.74) is 9.42. The van der Waals surface area contributed by atoms with Gasteiger partial charge in [-0.1, -0.05) is 11.6 Å². The zero-order chi connectivity index (χ0) is 14.9. The highest BCUT2D eigenvalue weighted by atomic mass is 32.1. The normalized spacial score (nSPS) is 10.4. The van der Waals surface area contributed by atoms with Gasteiger partial charge in [0.1, 0.15) is 10.6 Å². The van der Waals surface area contributed by atoms with Gasteiger partial charge in [0.05, 0.1) is 19.9 Å². The smallest absolute Gasteiger partial charge is 0.350 e. The van der Waals surface area contributed by atoms with Crippen LogP contribution in [0.1, 0.15) is 20.8 Å². The van der Waals surface area contributed by atoms with E-state index in [4.69, 9.17) is 15.2 Å². The van der Waals surface area contributed by atoms with Crippen molar-refractivity contribution in [3.8, 4) is 16.2 Å². The zero-order valence-electron chi connectivity index (χ0n) is 11.9. The molecule has 0 bridgehead atoms. The van der Waals surface area contributed by atoms with Crippen LogP contribution in [0.25, 0.3) is 10.4 Å². The van der Waals surface area contributed by atoms with Crippen LogP contribution in [0.4, 0.5) is 5.69 Å². The number of hydrogen-bond donors (Lipinski definition) is 1. The maximum Gasteiger partial charge on any atom is 0.350 e. The summed E-state index contributed by atoms with van der Waals surface area (Å²) in [5, 5.41) is 0. The molecule has 1 heterocycles. The molecule has 0 fully saturated rings. The standard InChI is InChI=1S/C15H17NO3S/c1-8-5-6-11(18-3)10(7-8)13-9(2)12(16)14(20-13)15(17)19-4/h5-7H,16H2,1-4H3. The van der Waals surface area contributed by atoms with E-state index in [1.807, 2.05) is 32.0 Å². The van der Waals surface area contributed by atoms with E-state index in [0.717, 1.165) is 27.3 Å². The van der Waals surface area contributed by atoms with Gasteiger partial charge in [-0.2, -0.15) is 0 Å². The molecule has 106 valence electrons. The van der Waals surface area contributed by atoms with E-state index in [1.165, 1.54) is 18.4 Å². The minimum atomic E-state index is -0.409. The van der Waals surface area contributed by atoms with Gasteiger partial charge >= 0.3 is 5.97 Å². The Hall–Kier alpha value is -2.01. The first-order valence-corrected chi connectivity index (χ1v) is 6.93. The number of nitrogen functional groups attached to an aromatic ring is 1. The Morgan fingerprint density at radius 3 is 2.55 bits per heavy atom. The van der Waals surface area contributed by atoms with Crippen LogP contribution in [-0.4, -0.2) is 20.2 Å². The number of thiophene rings is 1. The summed E-state index contributed by atoms with van der Waals surface area (Å²) in [6.07, 6.45) is 0. The number of aryl methyl sites for hydroxylation is 1. The second-order valence-corrected chi connectivity index (χ2v) is 5.51. The van der Waals surface area contributed by atoms with Crippen molar-refractivity contribution in [1.29, 1.82) is 0 Å². The number of benzene rings is 1. The number of anilines is 1. The summed E-state index contributed by atoms with van der Waals surface area (Å²) < 4.78 is 10.2. The topological polar surface area (TPSA) is 61.5 Å². The Morgan fingerprint density at radius 1 is 1.25 bits per heavy atom. The van der Waals surface area contributed by atoms with Crippen LogP contribution in [0.15, 0.2) is 18.2 Å². The molecule has 0 saturated heterocycles. The van der Waals surface area contributed by atoms with Gasteiger partial charge < -0.3 is 15.2 Å². The number of carbonyl (C=O) groups is 1. The summed E-state index contributed by atoms with van der Waals surface area (Å²) in [7, 11) is 2.98. The summed E-state index contributed by atoms with van der Waals surface area (Å²) in [4.78, 5) is 13.1. The third kappa shape index (κ3) is 2.36. The van der Waals surface area contributed by atoms with Crippen molar-refractivity contribution in [2.24, 2.45) is 0 Å². The van der Waals surface area contributed by atoms with Gasteiger partial charge in [0.2, 0.25) is 0 Å². The highest BCUT2D eigenvalue weighted by molar-refractivity contribution is 7.18. The fourth-order valence-electron chi connectivity index (χ4n) is 2.03. The molecule has 0 unspecified atom stereocenters. The maximum atomic E-state index is 11.7. The first-order valence-electron chi connectivity index (χ1n) is 6.11. The Balaban J connectivity index is 2.65. The van der Waals surface area contributed by atoms with E-state index in [1.54, 1.807) is 7.11 Å². The van der Waals surface area contributed by atoms with E-state index >= 15 is 0 Å². The molecule has 0 aliphatic carbocycles. The van der Waals surface area contributed by atoms with Crippen LogP contribution in [0.3, 0.4) is 0 Å². The molecule has 2 N–H and O–H groups in total. The highest BCUT2D eigenvalue weighted by Gasteiger charge is 2.21. The lowest BCUT2D eigenvalue weighted by Crippen LogP contribution is -2.01. The average molecular weight is 291 g/mol. The minimum Gasteiger partial charge on any atom is -0.496 e. The molecule has 1 aromatic carbocycles. The second-order valence-electron chi connectivity index (χ2n) is 4.49. The van der Waals surface area contributed by atoms with Crippen LogP contribution in [0.2, 0.25) is 0 Å². The molecule has 0 radical (unpaired) electrons. The lowest BCUT2D eigenvalue weighted by Gasteiger charge is -2.09. The third-order valence-corrected chi connectivity index (χ3v) is 4.48. The van der Waals surface area contributed by atoms with Crippen LogP contribution in [-0.2, 0) is 4.74 Å². The summed E-state index contributed by atoms with van der Waals surface area (Å²) >= 11 is 1.33. The molecule has 0 aliphatic rings. The van der Waals surface area contributed by atoms with E-state index in [2.05, 4.69) is 0 Å². The number of nitrogens with two attached hydrogens (primary N) is 1. The van der Waals surface area contributed by atoms with Gasteiger partial charge in [0, 0.05) is 10.4 Å². The molecule has 0 atom stereocenters. The number of methoxy groups -OCH3 is 2.